The molecule has 2 N–H and O–H groups in total. The molecule has 0 aliphatic heterocycles. The Morgan fingerprint density at radius 3 is 2.55 bits per heavy atom. The van der Waals surface area contributed by atoms with E-state index in [0.29, 0.717) is 18.6 Å². The molecule has 0 bridgehead atoms. The van der Waals surface area contributed by atoms with Gasteiger partial charge in [-0.25, -0.2) is 0 Å². The van der Waals surface area contributed by atoms with Crippen LogP contribution in [0.2, 0.25) is 0 Å². The normalized spacial score (nSPS) is 26.9. The van der Waals surface area contributed by atoms with Crippen molar-refractivity contribution in [3.63, 3.8) is 0 Å². The van der Waals surface area contributed by atoms with Gasteiger partial charge in [0.1, 0.15) is 0 Å². The van der Waals surface area contributed by atoms with E-state index in [0.717, 1.165) is 19.4 Å². The number of aliphatic hydroxyl groups is 1. The lowest BCUT2D eigenvalue weighted by atomic mass is 9.85. The molecule has 0 spiro atoms. The highest BCUT2D eigenvalue weighted by atomic mass is 16.3. The van der Waals surface area contributed by atoms with Crippen molar-refractivity contribution in [2.75, 3.05) is 26.2 Å². The fourth-order valence-electron chi connectivity index (χ4n) is 3.67. The summed E-state index contributed by atoms with van der Waals surface area (Å²) in [6.07, 6.45) is 7.26. The van der Waals surface area contributed by atoms with Crippen molar-refractivity contribution in [3.05, 3.63) is 0 Å². The minimum atomic E-state index is 0.00484. The quantitative estimate of drug-likeness (QED) is 0.647. The van der Waals surface area contributed by atoms with Gasteiger partial charge in [0, 0.05) is 11.6 Å². The Morgan fingerprint density at radius 1 is 1.25 bits per heavy atom. The second-order valence-corrected chi connectivity index (χ2v) is 6.75. The van der Waals surface area contributed by atoms with Crippen LogP contribution in [0.15, 0.2) is 0 Å². The maximum absolute atomic E-state index is 9.92. The Kier molecular flexibility index (Phi) is 8.08. The van der Waals surface area contributed by atoms with E-state index in [1.165, 1.54) is 38.8 Å². The van der Waals surface area contributed by atoms with Crippen LogP contribution >= 0.6 is 0 Å². The highest BCUT2D eigenvalue weighted by molar-refractivity contribution is 4.99. The number of nitrogens with one attached hydrogen (secondary N) is 1. The summed E-state index contributed by atoms with van der Waals surface area (Å²) in [6.45, 7) is 12.7. The van der Waals surface area contributed by atoms with Crippen LogP contribution in [-0.2, 0) is 0 Å². The van der Waals surface area contributed by atoms with Gasteiger partial charge in [0.2, 0.25) is 0 Å². The van der Waals surface area contributed by atoms with Crippen molar-refractivity contribution in [3.8, 4) is 0 Å². The first-order valence-electron chi connectivity index (χ1n) is 8.69. The molecule has 3 nitrogen and oxygen atoms in total. The van der Waals surface area contributed by atoms with Gasteiger partial charge in [-0.05, 0) is 71.5 Å². The lowest BCUT2D eigenvalue weighted by molar-refractivity contribution is 0.107. The third kappa shape index (κ3) is 4.71. The third-order valence-electron chi connectivity index (χ3n) is 4.97. The molecule has 1 aliphatic rings. The van der Waals surface area contributed by atoms with Gasteiger partial charge in [-0.15, -0.1) is 0 Å². The van der Waals surface area contributed by atoms with E-state index in [-0.39, 0.29) is 5.54 Å². The lowest BCUT2D eigenvalue weighted by Crippen LogP contribution is -2.52. The average molecular weight is 284 g/mol. The molecule has 2 unspecified atom stereocenters. The predicted molar refractivity (Wildman–Crippen MR) is 87.1 cm³/mol. The number of hydrogen-bond donors (Lipinski definition) is 2. The summed E-state index contributed by atoms with van der Waals surface area (Å²) in [7, 11) is 0. The number of rotatable bonds is 10. The van der Waals surface area contributed by atoms with Crippen LogP contribution < -0.4 is 5.32 Å². The molecule has 1 rings (SSSR count). The van der Waals surface area contributed by atoms with E-state index in [4.69, 9.17) is 0 Å². The molecule has 0 aromatic heterocycles. The van der Waals surface area contributed by atoms with Gasteiger partial charge >= 0.3 is 0 Å². The highest BCUT2D eigenvalue weighted by Crippen LogP contribution is 2.38. The van der Waals surface area contributed by atoms with E-state index < -0.39 is 0 Å². The van der Waals surface area contributed by atoms with Gasteiger partial charge in [-0.2, -0.15) is 0 Å². The summed E-state index contributed by atoms with van der Waals surface area (Å²) in [5.74, 6) is 0.636. The van der Waals surface area contributed by atoms with Crippen molar-refractivity contribution in [1.82, 2.24) is 10.2 Å². The monoisotopic (exact) mass is 284 g/mol. The molecule has 0 amide bonds. The minimum Gasteiger partial charge on any atom is -0.394 e. The number of nitrogens with zero attached hydrogens (tertiary/aromatic N) is 1. The summed E-state index contributed by atoms with van der Waals surface area (Å²) in [5, 5.41) is 13.6. The first-order chi connectivity index (χ1) is 9.59. The molecule has 20 heavy (non-hydrogen) atoms. The molecule has 1 fully saturated rings. The van der Waals surface area contributed by atoms with Crippen LogP contribution in [-0.4, -0.2) is 47.8 Å². The van der Waals surface area contributed by atoms with E-state index in [1.54, 1.807) is 0 Å². The molecular weight excluding hydrogens is 248 g/mol. The Balaban J connectivity index is 2.55. The molecule has 120 valence electrons. The Bertz CT molecular complexity index is 257. The van der Waals surface area contributed by atoms with Crippen LogP contribution in [0, 0.1) is 5.92 Å². The van der Waals surface area contributed by atoms with Crippen LogP contribution in [0.3, 0.4) is 0 Å². The van der Waals surface area contributed by atoms with Crippen LogP contribution in [0.1, 0.15) is 66.2 Å². The summed E-state index contributed by atoms with van der Waals surface area (Å²) in [6, 6.07) is 0.628. The van der Waals surface area contributed by atoms with E-state index in [9.17, 15) is 5.11 Å². The Hall–Kier alpha value is -0.120. The molecule has 0 aromatic carbocycles. The number of hydrogen-bond acceptors (Lipinski definition) is 3. The molecule has 2 atom stereocenters. The summed E-state index contributed by atoms with van der Waals surface area (Å²) >= 11 is 0. The van der Waals surface area contributed by atoms with E-state index in [1.807, 2.05) is 0 Å². The molecular formula is C17H36N2O. The average Bonchev–Trinajstić information content (AvgIpc) is 2.84. The fourth-order valence-corrected chi connectivity index (χ4v) is 3.67. The van der Waals surface area contributed by atoms with Gasteiger partial charge in [-0.3, -0.25) is 0 Å². The first kappa shape index (κ1) is 17.9. The van der Waals surface area contributed by atoms with Crippen molar-refractivity contribution in [2.45, 2.75) is 77.8 Å². The first-order valence-corrected chi connectivity index (χ1v) is 8.69. The molecule has 0 saturated heterocycles. The molecule has 1 aliphatic carbocycles. The van der Waals surface area contributed by atoms with Crippen LogP contribution in [0.25, 0.3) is 0 Å². The number of aliphatic hydroxyl groups excluding tert-OH is 1. The van der Waals surface area contributed by atoms with Crippen molar-refractivity contribution >= 4 is 0 Å². The van der Waals surface area contributed by atoms with Gasteiger partial charge in [0.15, 0.2) is 0 Å². The lowest BCUT2D eigenvalue weighted by Gasteiger charge is -2.37. The minimum absolute atomic E-state index is 0.00484. The second kappa shape index (κ2) is 9.01. The molecule has 3 heteroatoms. The topological polar surface area (TPSA) is 35.5 Å². The Labute approximate surface area is 126 Å². The van der Waals surface area contributed by atoms with Crippen LogP contribution in [0.4, 0.5) is 0 Å². The molecule has 0 heterocycles. The summed E-state index contributed by atoms with van der Waals surface area (Å²) in [4.78, 5) is 2.58. The van der Waals surface area contributed by atoms with Crippen molar-refractivity contribution in [2.24, 2.45) is 5.92 Å². The van der Waals surface area contributed by atoms with Gasteiger partial charge in [0.25, 0.3) is 0 Å². The maximum atomic E-state index is 9.92. The zero-order chi connectivity index (χ0) is 15.0. The van der Waals surface area contributed by atoms with E-state index >= 15 is 0 Å². The predicted octanol–water partition coefficient (Wildman–Crippen LogP) is 3.03. The Morgan fingerprint density at radius 2 is 2.00 bits per heavy atom. The fraction of sp³-hybridized carbons (Fsp3) is 1.00. The highest BCUT2D eigenvalue weighted by Gasteiger charge is 2.41. The van der Waals surface area contributed by atoms with Crippen molar-refractivity contribution < 1.29 is 5.11 Å². The molecule has 0 aromatic rings. The standard InChI is InChI=1S/C17H36N2O/c1-5-11-18-17(14-20)10-7-8-16(17)9-13-19(12-6-2)15(3)4/h15-16,18,20H,5-14H2,1-4H3. The van der Waals surface area contributed by atoms with Gasteiger partial charge in [-0.1, -0.05) is 20.3 Å². The van der Waals surface area contributed by atoms with Gasteiger partial charge < -0.3 is 15.3 Å². The summed E-state index contributed by atoms with van der Waals surface area (Å²) in [5.41, 5.74) is 0.00484. The zero-order valence-corrected chi connectivity index (χ0v) is 14.1. The van der Waals surface area contributed by atoms with Crippen molar-refractivity contribution in [1.29, 1.82) is 0 Å². The van der Waals surface area contributed by atoms with Crippen LogP contribution in [0.5, 0.6) is 0 Å². The SMILES string of the molecule is CCCNC1(CO)CCCC1CCN(CCC)C(C)C. The van der Waals surface area contributed by atoms with E-state index in [2.05, 4.69) is 37.9 Å². The zero-order valence-electron chi connectivity index (χ0n) is 14.1. The second-order valence-electron chi connectivity index (χ2n) is 6.75. The summed E-state index contributed by atoms with van der Waals surface area (Å²) < 4.78 is 0. The largest absolute Gasteiger partial charge is 0.394 e. The molecule has 0 radical (unpaired) electrons. The third-order valence-corrected chi connectivity index (χ3v) is 4.97. The molecule has 1 saturated carbocycles. The van der Waals surface area contributed by atoms with Gasteiger partial charge in [0.05, 0.1) is 6.61 Å². The smallest absolute Gasteiger partial charge is 0.0616 e. The maximum Gasteiger partial charge on any atom is 0.0616 e.